The molecule has 0 rings (SSSR count). The average Bonchev–Trinajstić information content (AvgIpc) is 2.85. The van der Waals surface area contributed by atoms with Gasteiger partial charge in [-0.25, -0.2) is 0 Å². The Kier molecular flexibility index (Phi) is 26.7. The molecule has 0 saturated carbocycles. The highest BCUT2D eigenvalue weighted by Crippen LogP contribution is 2.43. The number of hydrogen-bond acceptors (Lipinski definition) is 9. The largest absolute Gasteiger partial charge is 0.389 e. The molecule has 1 amide bonds. The number of amides is 1. The minimum absolute atomic E-state index is 0. The minimum Gasteiger partial charge on any atom is -0.389 e. The third kappa shape index (κ3) is 21.5. The third-order valence-electron chi connectivity index (χ3n) is 4.29. The van der Waals surface area contributed by atoms with E-state index in [4.69, 9.17) is 25.5 Å². The first-order chi connectivity index (χ1) is 15.7. The number of ketones is 1. The lowest BCUT2D eigenvalue weighted by Gasteiger charge is -2.16. The van der Waals surface area contributed by atoms with Gasteiger partial charge in [0.25, 0.3) is 0 Å². The van der Waals surface area contributed by atoms with E-state index in [-0.39, 0.29) is 43.8 Å². The third-order valence-corrected chi connectivity index (χ3v) is 7.40. The summed E-state index contributed by atoms with van der Waals surface area (Å²) in [6, 6.07) is 0. The fourth-order valence-electron chi connectivity index (χ4n) is 1.79. The first-order valence-corrected chi connectivity index (χ1v) is 15.3. The molecule has 0 saturated heterocycles. The van der Waals surface area contributed by atoms with Crippen LogP contribution in [0.2, 0.25) is 0 Å². The van der Waals surface area contributed by atoms with Crippen molar-refractivity contribution in [3.8, 4) is 23.7 Å². The molecule has 0 aromatic heterocycles. The van der Waals surface area contributed by atoms with Gasteiger partial charge in [-0.3, -0.25) is 9.59 Å². The molecule has 0 spiro atoms. The Bertz CT molecular complexity index is 793. The Labute approximate surface area is 210 Å². The number of carbonyl (C=O) groups excluding carboxylic acids is 2. The van der Waals surface area contributed by atoms with E-state index in [9.17, 15) is 18.7 Å². The monoisotopic (exact) mass is 541 g/mol. The smallest absolute Gasteiger partial charge is 0.227 e. The molecule has 12 heteroatoms. The van der Waals surface area contributed by atoms with Crippen LogP contribution in [0.15, 0.2) is 0 Å². The van der Waals surface area contributed by atoms with Crippen molar-refractivity contribution in [1.82, 2.24) is 4.90 Å². The Morgan fingerprint density at radius 2 is 1.23 bits per heavy atom. The SMILES string of the molecule is C.CC#CC[C@H](C)C(=O)CP(=O)(CO)CO.CC#CC[C@H](C)C(=O)N(C)CO.CP(=O)(CO)CO. The van der Waals surface area contributed by atoms with Crippen LogP contribution >= 0.6 is 14.3 Å². The van der Waals surface area contributed by atoms with E-state index in [0.29, 0.717) is 12.8 Å². The van der Waals surface area contributed by atoms with Crippen LogP contribution < -0.4 is 0 Å². The standard InChI is InChI=1S/C10H17O4P.C9H15NO2.C3H9O3P.CH4/c1-3-4-5-9(2)10(13)6-15(14,7-11)8-12;1-4-5-6-8(2)9(12)10(3)7-11;1-7(6,2-4)3-5;/h9,11-12H,5-8H2,1-2H3;8,11H,6-7H2,1-3H3;4-5H,2-3H2,1H3;1H4/t9-;8-;;/m00../s1. The summed E-state index contributed by atoms with van der Waals surface area (Å²) in [6.07, 6.45) is -1.31. The lowest BCUT2D eigenvalue weighted by molar-refractivity contribution is -0.136. The number of nitrogens with zero attached hydrogens (tertiary/aromatic N) is 1. The molecule has 0 unspecified atom stereocenters. The summed E-state index contributed by atoms with van der Waals surface area (Å²) >= 11 is 0. The molecular formula is C23H45NO9P2. The van der Waals surface area contributed by atoms with Gasteiger partial charge in [0.1, 0.15) is 26.8 Å². The molecule has 5 N–H and O–H groups in total. The van der Waals surface area contributed by atoms with Crippen molar-refractivity contribution in [2.75, 3.05) is 52.0 Å². The maximum absolute atomic E-state index is 11.6. The molecule has 206 valence electrons. The number of hydrogen-bond donors (Lipinski definition) is 5. The van der Waals surface area contributed by atoms with Gasteiger partial charge in [0.2, 0.25) is 5.91 Å². The summed E-state index contributed by atoms with van der Waals surface area (Å²) < 4.78 is 22.0. The second kappa shape index (κ2) is 23.0. The molecule has 35 heavy (non-hydrogen) atoms. The number of carbonyl (C=O) groups is 2. The molecular weight excluding hydrogens is 496 g/mol. The Balaban J connectivity index is -0.000000216. The molecule has 0 aromatic carbocycles. The van der Waals surface area contributed by atoms with Gasteiger partial charge in [0.05, 0.1) is 31.6 Å². The normalized spacial score (nSPS) is 11.7. The summed E-state index contributed by atoms with van der Waals surface area (Å²) in [5, 5.41) is 42.6. The fraction of sp³-hybridized carbons (Fsp3) is 0.739. The topological polar surface area (TPSA) is 173 Å². The first-order valence-electron chi connectivity index (χ1n) is 10.5. The van der Waals surface area contributed by atoms with Crippen LogP contribution in [0.5, 0.6) is 0 Å². The van der Waals surface area contributed by atoms with Crippen molar-refractivity contribution in [3.63, 3.8) is 0 Å². The van der Waals surface area contributed by atoms with Crippen molar-refractivity contribution < 1.29 is 44.3 Å². The van der Waals surface area contributed by atoms with Gasteiger partial charge in [0, 0.05) is 31.7 Å². The van der Waals surface area contributed by atoms with E-state index < -0.39 is 39.7 Å². The van der Waals surface area contributed by atoms with Crippen LogP contribution in [0.3, 0.4) is 0 Å². The summed E-state index contributed by atoms with van der Waals surface area (Å²) in [5.41, 5.74) is 0. The van der Waals surface area contributed by atoms with E-state index in [0.717, 1.165) is 0 Å². The maximum atomic E-state index is 11.6. The number of aliphatic hydroxyl groups excluding tert-OH is 5. The number of Topliss-reactive ketones (excluding diaryl/α,β-unsaturated/α-hetero) is 1. The summed E-state index contributed by atoms with van der Waals surface area (Å²) in [6.45, 7) is 8.05. The van der Waals surface area contributed by atoms with Gasteiger partial charge in [-0.1, -0.05) is 21.3 Å². The lowest BCUT2D eigenvalue weighted by atomic mass is 10.0. The number of rotatable bonds is 11. The molecule has 10 nitrogen and oxygen atoms in total. The van der Waals surface area contributed by atoms with E-state index >= 15 is 0 Å². The van der Waals surface area contributed by atoms with Gasteiger partial charge in [-0.05, 0) is 20.5 Å². The van der Waals surface area contributed by atoms with Crippen LogP contribution in [-0.2, 0) is 18.7 Å². The van der Waals surface area contributed by atoms with E-state index in [1.165, 1.54) is 11.6 Å². The van der Waals surface area contributed by atoms with E-state index in [2.05, 4.69) is 23.7 Å². The highest BCUT2D eigenvalue weighted by Gasteiger charge is 2.26. The molecule has 0 fully saturated rings. The van der Waals surface area contributed by atoms with Crippen molar-refractivity contribution in [1.29, 1.82) is 0 Å². The highest BCUT2D eigenvalue weighted by atomic mass is 31.2. The van der Waals surface area contributed by atoms with Gasteiger partial charge in [-0.2, -0.15) is 0 Å². The van der Waals surface area contributed by atoms with E-state index in [1.807, 2.05) is 0 Å². The van der Waals surface area contributed by atoms with Gasteiger partial charge < -0.3 is 39.6 Å². The quantitative estimate of drug-likeness (QED) is 0.149. The summed E-state index contributed by atoms with van der Waals surface area (Å²) in [4.78, 5) is 24.1. The zero-order valence-electron chi connectivity index (χ0n) is 21.0. The van der Waals surface area contributed by atoms with Crippen LogP contribution in [0.1, 0.15) is 48.0 Å². The summed E-state index contributed by atoms with van der Waals surface area (Å²) in [7, 11) is -4.09. The van der Waals surface area contributed by atoms with E-state index in [1.54, 1.807) is 34.7 Å². The molecule has 0 aliphatic carbocycles. The van der Waals surface area contributed by atoms with Crippen LogP contribution in [0.25, 0.3) is 0 Å². The Morgan fingerprint density at radius 1 is 0.829 bits per heavy atom. The second-order valence-corrected chi connectivity index (χ2v) is 13.9. The van der Waals surface area contributed by atoms with Crippen molar-refractivity contribution in [2.45, 2.75) is 48.0 Å². The first kappa shape index (κ1) is 40.7. The van der Waals surface area contributed by atoms with Crippen LogP contribution in [0.4, 0.5) is 0 Å². The molecule has 0 aromatic rings. The fourth-order valence-corrected chi connectivity index (χ4v) is 3.05. The predicted octanol–water partition coefficient (Wildman–Crippen LogP) is 1.83. The molecule has 0 aliphatic rings. The zero-order valence-corrected chi connectivity index (χ0v) is 22.8. The highest BCUT2D eigenvalue weighted by molar-refractivity contribution is 7.64. The predicted molar refractivity (Wildman–Crippen MR) is 140 cm³/mol. The Hall–Kier alpha value is -1.48. The molecule has 0 heterocycles. The molecule has 2 atom stereocenters. The molecule has 0 aliphatic heterocycles. The van der Waals surface area contributed by atoms with Crippen LogP contribution in [0, 0.1) is 35.5 Å². The molecule has 0 bridgehead atoms. The van der Waals surface area contributed by atoms with Gasteiger partial charge >= 0.3 is 0 Å². The summed E-state index contributed by atoms with van der Waals surface area (Å²) in [5.74, 6) is 10.3. The average molecular weight is 542 g/mol. The van der Waals surface area contributed by atoms with Crippen LogP contribution in [-0.4, -0.2) is 94.1 Å². The van der Waals surface area contributed by atoms with Gasteiger partial charge in [0.15, 0.2) is 0 Å². The van der Waals surface area contributed by atoms with Gasteiger partial charge in [-0.15, -0.1) is 23.7 Å². The zero-order chi connectivity index (χ0) is 27.4. The minimum atomic E-state index is -3.11. The molecule has 0 radical (unpaired) electrons. The maximum Gasteiger partial charge on any atom is 0.227 e. The Morgan fingerprint density at radius 3 is 1.51 bits per heavy atom. The second-order valence-electron chi connectivity index (χ2n) is 7.79. The van der Waals surface area contributed by atoms with Crippen molar-refractivity contribution in [3.05, 3.63) is 0 Å². The van der Waals surface area contributed by atoms with Crippen molar-refractivity contribution in [2.24, 2.45) is 11.8 Å². The number of aliphatic hydroxyl groups is 5. The van der Waals surface area contributed by atoms with Crippen molar-refractivity contribution >= 4 is 26.0 Å². The lowest BCUT2D eigenvalue weighted by Crippen LogP contribution is -2.32.